The molecule has 0 saturated carbocycles. The lowest BCUT2D eigenvalue weighted by molar-refractivity contribution is 0.0982. The molecule has 0 unspecified atom stereocenters. The Bertz CT molecular complexity index is 823. The van der Waals surface area contributed by atoms with E-state index < -0.39 is 0 Å². The van der Waals surface area contributed by atoms with Gasteiger partial charge in [-0.25, -0.2) is 9.98 Å². The van der Waals surface area contributed by atoms with Crippen molar-refractivity contribution in [3.05, 3.63) is 53.6 Å². The fourth-order valence-corrected chi connectivity index (χ4v) is 4.02. The van der Waals surface area contributed by atoms with Crippen molar-refractivity contribution in [1.29, 1.82) is 0 Å². The maximum atomic E-state index is 4.84. The minimum atomic E-state index is 0. The lowest BCUT2D eigenvalue weighted by atomic mass is 9.98. The Morgan fingerprint density at radius 1 is 1.13 bits per heavy atom. The van der Waals surface area contributed by atoms with E-state index in [1.807, 2.05) is 19.3 Å². The molecule has 0 bridgehead atoms. The van der Waals surface area contributed by atoms with Gasteiger partial charge in [0.25, 0.3) is 0 Å². The molecule has 7 heteroatoms. The van der Waals surface area contributed by atoms with E-state index >= 15 is 0 Å². The van der Waals surface area contributed by atoms with Gasteiger partial charge in [0.2, 0.25) is 0 Å². The van der Waals surface area contributed by atoms with Crippen LogP contribution in [0, 0.1) is 6.92 Å². The first-order valence-corrected chi connectivity index (χ1v) is 11.3. The second-order valence-electron chi connectivity index (χ2n) is 8.83. The summed E-state index contributed by atoms with van der Waals surface area (Å²) >= 11 is 0. The molecule has 0 radical (unpaired) electrons. The van der Waals surface area contributed by atoms with Crippen LogP contribution < -0.4 is 10.6 Å². The maximum absolute atomic E-state index is 4.84. The smallest absolute Gasteiger partial charge is 0.191 e. The van der Waals surface area contributed by atoms with Gasteiger partial charge in [-0.3, -0.25) is 4.90 Å². The molecular weight excluding hydrogens is 499 g/mol. The second-order valence-corrected chi connectivity index (χ2v) is 8.83. The topological polar surface area (TPSA) is 57.5 Å². The Balaban J connectivity index is 0.00000341. The number of aryl methyl sites for hydroxylation is 1. The molecule has 2 aromatic rings. The zero-order chi connectivity index (χ0) is 21.4. The number of nitrogens with one attached hydrogen (secondary N) is 2. The highest BCUT2D eigenvalue weighted by Crippen LogP contribution is 2.19. The van der Waals surface area contributed by atoms with E-state index in [2.05, 4.69) is 70.1 Å². The summed E-state index contributed by atoms with van der Waals surface area (Å²) in [6.45, 7) is 14.5. The number of aromatic nitrogens is 2. The van der Waals surface area contributed by atoms with Crippen molar-refractivity contribution in [2.75, 3.05) is 26.2 Å². The van der Waals surface area contributed by atoms with Crippen molar-refractivity contribution >= 4 is 29.9 Å². The summed E-state index contributed by atoms with van der Waals surface area (Å²) in [5.74, 6) is 1.92. The first-order chi connectivity index (χ1) is 14.5. The molecule has 2 N–H and O–H groups in total. The molecule has 3 rings (SSSR count). The summed E-state index contributed by atoms with van der Waals surface area (Å²) in [4.78, 5) is 11.8. The first kappa shape index (κ1) is 25.6. The molecule has 1 fully saturated rings. The zero-order valence-corrected chi connectivity index (χ0v) is 21.9. The van der Waals surface area contributed by atoms with Crippen molar-refractivity contribution in [3.8, 4) is 0 Å². The van der Waals surface area contributed by atoms with Crippen LogP contribution >= 0.6 is 24.0 Å². The Labute approximate surface area is 204 Å². The number of nitrogens with zero attached hydrogens (tertiary/aromatic N) is 4. The Morgan fingerprint density at radius 3 is 2.55 bits per heavy atom. The van der Waals surface area contributed by atoms with Crippen molar-refractivity contribution in [2.24, 2.45) is 4.99 Å². The van der Waals surface area contributed by atoms with Gasteiger partial charge in [-0.2, -0.15) is 0 Å². The second kappa shape index (κ2) is 12.4. The fraction of sp³-hybridized carbons (Fsp3) is 0.583. The maximum Gasteiger partial charge on any atom is 0.191 e. The molecule has 6 nitrogen and oxygen atoms in total. The molecule has 1 aliphatic rings. The summed E-state index contributed by atoms with van der Waals surface area (Å²) in [6, 6.07) is 8.67. The molecule has 0 spiro atoms. The zero-order valence-electron chi connectivity index (χ0n) is 19.5. The molecule has 0 atom stereocenters. The van der Waals surface area contributed by atoms with Crippen LogP contribution in [0.4, 0.5) is 0 Å². The molecule has 172 valence electrons. The fourth-order valence-electron chi connectivity index (χ4n) is 4.02. The Kier molecular flexibility index (Phi) is 10.3. The van der Waals surface area contributed by atoms with Crippen LogP contribution in [-0.4, -0.2) is 52.1 Å². The highest BCUT2D eigenvalue weighted by molar-refractivity contribution is 14.0. The van der Waals surface area contributed by atoms with Crippen LogP contribution in [0.15, 0.2) is 41.7 Å². The Hall–Kier alpha value is -1.61. The Morgan fingerprint density at radius 2 is 1.87 bits per heavy atom. The third-order valence-corrected chi connectivity index (χ3v) is 5.93. The van der Waals surface area contributed by atoms with Gasteiger partial charge >= 0.3 is 0 Å². The van der Waals surface area contributed by atoms with Crippen molar-refractivity contribution in [1.82, 2.24) is 25.1 Å². The van der Waals surface area contributed by atoms with Crippen molar-refractivity contribution in [3.63, 3.8) is 0 Å². The van der Waals surface area contributed by atoms with E-state index in [4.69, 9.17) is 4.99 Å². The van der Waals surface area contributed by atoms with Gasteiger partial charge in [-0.1, -0.05) is 30.7 Å². The number of aliphatic imine (C=N–C) groups is 1. The van der Waals surface area contributed by atoms with Gasteiger partial charge in [0.1, 0.15) is 5.82 Å². The van der Waals surface area contributed by atoms with Crippen LogP contribution in [0.1, 0.15) is 57.0 Å². The van der Waals surface area contributed by atoms with Gasteiger partial charge in [-0.05, 0) is 64.8 Å². The van der Waals surface area contributed by atoms with Gasteiger partial charge in [0, 0.05) is 37.6 Å². The third-order valence-electron chi connectivity index (χ3n) is 5.93. The van der Waals surface area contributed by atoms with Gasteiger partial charge in [0.15, 0.2) is 5.96 Å². The normalized spacial score (nSPS) is 15.4. The van der Waals surface area contributed by atoms with Crippen molar-refractivity contribution in [2.45, 2.75) is 65.6 Å². The number of likely N-dealkylation sites (tertiary alicyclic amines) is 1. The number of guanidine groups is 1. The minimum Gasteiger partial charge on any atom is -0.357 e. The summed E-state index contributed by atoms with van der Waals surface area (Å²) in [5, 5.41) is 6.97. The van der Waals surface area contributed by atoms with E-state index in [-0.39, 0.29) is 29.5 Å². The highest BCUT2D eigenvalue weighted by Gasteiger charge is 2.27. The molecular formula is C24H39IN6. The molecule has 0 amide bonds. The van der Waals surface area contributed by atoms with Gasteiger partial charge in [0.05, 0.1) is 6.54 Å². The number of hydrogen-bond acceptors (Lipinski definition) is 3. The summed E-state index contributed by atoms with van der Waals surface area (Å²) in [7, 11) is 0. The largest absolute Gasteiger partial charge is 0.357 e. The quantitative estimate of drug-likeness (QED) is 0.301. The number of halogens is 1. The monoisotopic (exact) mass is 538 g/mol. The summed E-state index contributed by atoms with van der Waals surface area (Å²) in [6.07, 6.45) is 7.86. The third kappa shape index (κ3) is 7.79. The highest BCUT2D eigenvalue weighted by atomic mass is 127. The predicted octanol–water partition coefficient (Wildman–Crippen LogP) is 4.18. The van der Waals surface area contributed by atoms with E-state index in [1.54, 1.807) is 0 Å². The van der Waals surface area contributed by atoms with Crippen LogP contribution in [0.3, 0.4) is 0 Å². The first-order valence-electron chi connectivity index (χ1n) is 11.3. The number of hydrogen-bond donors (Lipinski definition) is 2. The molecule has 1 aliphatic heterocycles. The van der Waals surface area contributed by atoms with E-state index in [9.17, 15) is 0 Å². The van der Waals surface area contributed by atoms with Gasteiger partial charge < -0.3 is 15.2 Å². The minimum absolute atomic E-state index is 0. The van der Waals surface area contributed by atoms with Gasteiger partial charge in [-0.15, -0.1) is 24.0 Å². The van der Waals surface area contributed by atoms with Crippen LogP contribution in [0.2, 0.25) is 0 Å². The SMILES string of the molecule is CCNC(=NCc1cccc(Cn2ccnc2C)c1)NCC(C)(C)N1CCCCC1.I. The lowest BCUT2D eigenvalue weighted by Gasteiger charge is -2.41. The summed E-state index contributed by atoms with van der Waals surface area (Å²) in [5.41, 5.74) is 2.62. The molecule has 2 heterocycles. The van der Waals surface area contributed by atoms with Crippen LogP contribution in [-0.2, 0) is 13.1 Å². The molecule has 31 heavy (non-hydrogen) atoms. The number of rotatable bonds is 8. The summed E-state index contributed by atoms with van der Waals surface area (Å²) < 4.78 is 2.16. The molecule has 1 saturated heterocycles. The number of benzene rings is 1. The molecule has 0 aliphatic carbocycles. The van der Waals surface area contributed by atoms with Crippen LogP contribution in [0.5, 0.6) is 0 Å². The molecule has 1 aromatic carbocycles. The van der Waals surface area contributed by atoms with E-state index in [0.29, 0.717) is 6.54 Å². The van der Waals surface area contributed by atoms with Crippen molar-refractivity contribution < 1.29 is 0 Å². The molecule has 1 aromatic heterocycles. The average molecular weight is 539 g/mol. The standard InChI is InChI=1S/C24H38N6.HI/c1-5-25-23(28-19-24(3,4)30-13-7-6-8-14-30)27-17-21-10-9-11-22(16-21)18-29-15-12-26-20(29)2;/h9-12,15-16H,5-8,13-14,17-19H2,1-4H3,(H2,25,27,28);1H. The number of imidazole rings is 1. The average Bonchev–Trinajstić information content (AvgIpc) is 3.15. The van der Waals surface area contributed by atoms with E-state index in [0.717, 1.165) is 31.4 Å². The van der Waals surface area contributed by atoms with Crippen LogP contribution in [0.25, 0.3) is 0 Å². The predicted molar refractivity (Wildman–Crippen MR) is 140 cm³/mol. The lowest BCUT2D eigenvalue weighted by Crippen LogP contribution is -2.54. The van der Waals surface area contributed by atoms with E-state index in [1.165, 1.54) is 43.5 Å². The number of piperidine rings is 1.